The number of hydrogen-bond acceptors (Lipinski definition) is 8. The fourth-order valence-corrected chi connectivity index (χ4v) is 2.95. The topological polar surface area (TPSA) is 295 Å². The molecule has 0 fully saturated rings. The molecule has 0 aromatic carbocycles. The second-order valence-corrected chi connectivity index (χ2v) is 8.16. The van der Waals surface area contributed by atoms with E-state index in [2.05, 4.69) is 20.9 Å². The third kappa shape index (κ3) is 12.5. The Labute approximate surface area is 207 Å². The lowest BCUT2D eigenvalue weighted by Crippen LogP contribution is -2.59. The van der Waals surface area contributed by atoms with Crippen LogP contribution in [0.2, 0.25) is 0 Å². The van der Waals surface area contributed by atoms with Gasteiger partial charge in [0.2, 0.25) is 23.6 Å². The number of aliphatic imine (C=N–C) groups is 1. The van der Waals surface area contributed by atoms with Gasteiger partial charge >= 0.3 is 11.9 Å². The summed E-state index contributed by atoms with van der Waals surface area (Å²) >= 11 is 0. The fourth-order valence-electron chi connectivity index (χ4n) is 2.95. The van der Waals surface area contributed by atoms with Crippen LogP contribution in [-0.2, 0) is 28.8 Å². The summed E-state index contributed by atoms with van der Waals surface area (Å²) in [5, 5.41) is 25.1. The van der Waals surface area contributed by atoms with Crippen LogP contribution >= 0.6 is 0 Å². The molecule has 5 atom stereocenters. The molecule has 0 aliphatic heterocycles. The quantitative estimate of drug-likeness (QED) is 0.0514. The van der Waals surface area contributed by atoms with Gasteiger partial charge in [-0.05, 0) is 18.8 Å². The molecule has 0 saturated carbocycles. The Morgan fingerprint density at radius 2 is 1.44 bits per heavy atom. The number of hydrogen-bond donors (Lipinski definition) is 9. The molecule has 4 amide bonds. The van der Waals surface area contributed by atoms with Gasteiger partial charge in [-0.15, -0.1) is 0 Å². The molecule has 0 saturated heterocycles. The molecular formula is C20H36N8O8. The van der Waals surface area contributed by atoms with Crippen LogP contribution in [0, 0.1) is 5.92 Å². The first-order chi connectivity index (χ1) is 16.7. The number of nitrogens with two attached hydrogens (primary N) is 4. The highest BCUT2D eigenvalue weighted by molar-refractivity contribution is 5.95. The number of guanidine groups is 1. The molecule has 0 bridgehead atoms. The summed E-state index contributed by atoms with van der Waals surface area (Å²) in [6.07, 6.45) is -0.694. The smallest absolute Gasteiger partial charge is 0.326 e. The maximum atomic E-state index is 13.1. The van der Waals surface area contributed by atoms with Crippen LogP contribution < -0.4 is 38.9 Å². The van der Waals surface area contributed by atoms with Crippen LogP contribution in [0.1, 0.15) is 46.0 Å². The number of nitrogens with one attached hydrogen (secondary N) is 3. The summed E-state index contributed by atoms with van der Waals surface area (Å²) in [6.45, 7) is 3.47. The lowest BCUT2D eigenvalue weighted by Gasteiger charge is -2.28. The van der Waals surface area contributed by atoms with Gasteiger partial charge in [0.25, 0.3) is 0 Å². The van der Waals surface area contributed by atoms with Crippen molar-refractivity contribution in [3.63, 3.8) is 0 Å². The van der Waals surface area contributed by atoms with Crippen LogP contribution in [0.5, 0.6) is 0 Å². The molecular weight excluding hydrogens is 480 g/mol. The summed E-state index contributed by atoms with van der Waals surface area (Å²) in [4.78, 5) is 75.3. The van der Waals surface area contributed by atoms with Gasteiger partial charge < -0.3 is 49.1 Å². The van der Waals surface area contributed by atoms with E-state index in [4.69, 9.17) is 28.0 Å². The molecule has 0 aromatic rings. The van der Waals surface area contributed by atoms with Gasteiger partial charge in [0.1, 0.15) is 18.1 Å². The van der Waals surface area contributed by atoms with Crippen molar-refractivity contribution < 1.29 is 39.0 Å². The third-order valence-corrected chi connectivity index (χ3v) is 5.12. The Balaban J connectivity index is 5.69. The first-order valence-electron chi connectivity index (χ1n) is 11.1. The van der Waals surface area contributed by atoms with E-state index >= 15 is 0 Å². The van der Waals surface area contributed by atoms with Gasteiger partial charge in [0, 0.05) is 6.54 Å². The number of amides is 4. The number of rotatable bonds is 17. The fraction of sp³-hybridized carbons (Fsp3) is 0.650. The molecule has 16 heteroatoms. The molecule has 5 unspecified atom stereocenters. The molecule has 204 valence electrons. The standard InChI is InChI=1S/C20H36N8O8/c1-3-9(2)15(18(34)27-12(19(35)36)8-14(30)31)28-17(33)11(5-4-6-25-20(23)24)26-16(32)10(21)7-13(22)29/h9-12,15H,3-8,21H2,1-2H3,(H2,22,29)(H,26,32)(H,27,34)(H,28,33)(H,30,31)(H,35,36)(H4,23,24,25). The van der Waals surface area contributed by atoms with Gasteiger partial charge in [0.05, 0.1) is 18.9 Å². The molecule has 0 aliphatic carbocycles. The SMILES string of the molecule is CCC(C)C(NC(=O)C(CCCN=C(N)N)NC(=O)C(N)CC(N)=O)C(=O)NC(CC(=O)O)C(=O)O. The van der Waals surface area contributed by atoms with Crippen LogP contribution in [0.3, 0.4) is 0 Å². The normalized spacial score (nSPS) is 14.8. The lowest BCUT2D eigenvalue weighted by atomic mass is 9.97. The second kappa shape index (κ2) is 15.9. The number of carbonyl (C=O) groups is 6. The molecule has 36 heavy (non-hydrogen) atoms. The van der Waals surface area contributed by atoms with E-state index in [0.29, 0.717) is 6.42 Å². The van der Waals surface area contributed by atoms with E-state index in [0.717, 1.165) is 0 Å². The Morgan fingerprint density at radius 1 is 0.861 bits per heavy atom. The average Bonchev–Trinajstić information content (AvgIpc) is 2.76. The Bertz CT molecular complexity index is 846. The molecule has 0 heterocycles. The number of carboxylic acids is 2. The van der Waals surface area contributed by atoms with Crippen molar-refractivity contribution in [2.24, 2.45) is 33.8 Å². The Kier molecular flexibility index (Phi) is 14.1. The van der Waals surface area contributed by atoms with Crippen molar-refractivity contribution in [2.45, 2.75) is 70.1 Å². The molecule has 0 rings (SSSR count). The summed E-state index contributed by atoms with van der Waals surface area (Å²) in [7, 11) is 0. The van der Waals surface area contributed by atoms with E-state index in [1.807, 2.05) is 0 Å². The minimum absolute atomic E-state index is 0.0171. The first-order valence-corrected chi connectivity index (χ1v) is 11.1. The number of carboxylic acid groups (broad SMARTS) is 2. The lowest BCUT2D eigenvalue weighted by molar-refractivity contribution is -0.147. The average molecular weight is 517 g/mol. The van der Waals surface area contributed by atoms with Gasteiger partial charge in [0.15, 0.2) is 5.96 Å². The van der Waals surface area contributed by atoms with Crippen molar-refractivity contribution >= 4 is 41.5 Å². The summed E-state index contributed by atoms with van der Waals surface area (Å²) in [5.74, 6) is -7.06. The molecule has 0 aromatic heterocycles. The highest BCUT2D eigenvalue weighted by Crippen LogP contribution is 2.11. The maximum absolute atomic E-state index is 13.1. The van der Waals surface area contributed by atoms with Crippen molar-refractivity contribution in [1.29, 1.82) is 0 Å². The van der Waals surface area contributed by atoms with E-state index in [1.54, 1.807) is 13.8 Å². The zero-order valence-electron chi connectivity index (χ0n) is 20.2. The van der Waals surface area contributed by atoms with E-state index in [-0.39, 0.29) is 25.3 Å². The highest BCUT2D eigenvalue weighted by atomic mass is 16.4. The Morgan fingerprint density at radius 3 is 1.92 bits per heavy atom. The zero-order valence-corrected chi connectivity index (χ0v) is 20.2. The number of aliphatic carboxylic acids is 2. The molecule has 0 spiro atoms. The maximum Gasteiger partial charge on any atom is 0.326 e. The van der Waals surface area contributed by atoms with Crippen molar-refractivity contribution in [1.82, 2.24) is 16.0 Å². The Hall–Kier alpha value is -3.95. The molecule has 0 aliphatic rings. The molecule has 13 N–H and O–H groups in total. The largest absolute Gasteiger partial charge is 0.481 e. The van der Waals surface area contributed by atoms with Gasteiger partial charge in [-0.1, -0.05) is 20.3 Å². The summed E-state index contributed by atoms with van der Waals surface area (Å²) in [5.41, 5.74) is 21.2. The summed E-state index contributed by atoms with van der Waals surface area (Å²) in [6, 6.07) is -5.52. The van der Waals surface area contributed by atoms with Crippen LogP contribution in [0.4, 0.5) is 0 Å². The number of primary amides is 1. The number of nitrogens with zero attached hydrogens (tertiary/aromatic N) is 1. The van der Waals surface area contributed by atoms with Crippen molar-refractivity contribution in [3.8, 4) is 0 Å². The monoisotopic (exact) mass is 516 g/mol. The van der Waals surface area contributed by atoms with Gasteiger partial charge in [-0.3, -0.25) is 29.0 Å². The zero-order chi connectivity index (χ0) is 28.0. The minimum Gasteiger partial charge on any atom is -0.481 e. The van der Waals surface area contributed by atoms with Crippen LogP contribution in [0.15, 0.2) is 4.99 Å². The highest BCUT2D eigenvalue weighted by Gasteiger charge is 2.33. The minimum atomic E-state index is -1.72. The molecule has 0 radical (unpaired) electrons. The van der Waals surface area contributed by atoms with Crippen LogP contribution in [0.25, 0.3) is 0 Å². The van der Waals surface area contributed by atoms with Gasteiger partial charge in [-0.25, -0.2) is 4.79 Å². The third-order valence-electron chi connectivity index (χ3n) is 5.12. The predicted molar refractivity (Wildman–Crippen MR) is 127 cm³/mol. The first kappa shape index (κ1) is 32.0. The van der Waals surface area contributed by atoms with E-state index in [9.17, 15) is 33.9 Å². The van der Waals surface area contributed by atoms with Gasteiger partial charge in [-0.2, -0.15) is 0 Å². The van der Waals surface area contributed by atoms with E-state index in [1.165, 1.54) is 0 Å². The van der Waals surface area contributed by atoms with E-state index < -0.39 is 78.5 Å². The number of carbonyl (C=O) groups excluding carboxylic acids is 4. The van der Waals surface area contributed by atoms with Crippen LogP contribution in [-0.4, -0.2) is 82.5 Å². The van der Waals surface area contributed by atoms with Crippen molar-refractivity contribution in [2.75, 3.05) is 6.54 Å². The predicted octanol–water partition coefficient (Wildman–Crippen LogP) is -3.70. The molecule has 16 nitrogen and oxygen atoms in total. The second-order valence-electron chi connectivity index (χ2n) is 8.16. The van der Waals surface area contributed by atoms with Crippen molar-refractivity contribution in [3.05, 3.63) is 0 Å². The summed E-state index contributed by atoms with van der Waals surface area (Å²) < 4.78 is 0.